The predicted octanol–water partition coefficient (Wildman–Crippen LogP) is 2.75. The summed E-state index contributed by atoms with van der Waals surface area (Å²) >= 11 is 0. The molecular weight excluding hydrogens is 296 g/mol. The van der Waals surface area contributed by atoms with Gasteiger partial charge in [0.15, 0.2) is 0 Å². The molecule has 0 amide bonds. The Morgan fingerprint density at radius 1 is 1.09 bits per heavy atom. The van der Waals surface area contributed by atoms with Crippen molar-refractivity contribution in [1.82, 2.24) is 8.61 Å². The zero-order chi connectivity index (χ0) is 15.6. The lowest BCUT2D eigenvalue weighted by molar-refractivity contribution is 0.260. The topological polar surface area (TPSA) is 40.6 Å². The Morgan fingerprint density at radius 3 is 2.50 bits per heavy atom. The summed E-state index contributed by atoms with van der Waals surface area (Å²) in [6.45, 7) is 4.52. The smallest absolute Gasteiger partial charge is 0.195 e. The maximum Gasteiger partial charge on any atom is 0.282 e. The van der Waals surface area contributed by atoms with Crippen molar-refractivity contribution in [3.63, 3.8) is 0 Å². The molecule has 1 aromatic rings. The molecule has 22 heavy (non-hydrogen) atoms. The molecule has 1 fully saturated rings. The van der Waals surface area contributed by atoms with Crippen molar-refractivity contribution in [2.24, 2.45) is 5.92 Å². The summed E-state index contributed by atoms with van der Waals surface area (Å²) in [5.74, 6) is 0.462. The zero-order valence-electron chi connectivity index (χ0n) is 13.1. The van der Waals surface area contributed by atoms with E-state index in [0.717, 1.165) is 19.3 Å². The normalized spacial score (nSPS) is 25.0. The fraction of sp³-hybridized carbons (Fsp3) is 0.529. The molecular formula is C17H24N2O2S. The van der Waals surface area contributed by atoms with E-state index < -0.39 is 10.2 Å². The fourth-order valence-corrected chi connectivity index (χ4v) is 5.01. The largest absolute Gasteiger partial charge is 0.282 e. The molecule has 2 heterocycles. The van der Waals surface area contributed by atoms with Gasteiger partial charge in [-0.2, -0.15) is 17.0 Å². The second-order valence-electron chi connectivity index (χ2n) is 6.32. The van der Waals surface area contributed by atoms with Gasteiger partial charge >= 0.3 is 0 Å². The molecule has 1 atom stereocenters. The van der Waals surface area contributed by atoms with Gasteiger partial charge in [-0.05, 0) is 36.3 Å². The Balaban J connectivity index is 1.71. The summed E-state index contributed by atoms with van der Waals surface area (Å²) in [5.41, 5.74) is 2.45. The molecule has 0 spiro atoms. The lowest BCUT2D eigenvalue weighted by Gasteiger charge is -2.35. The Kier molecular flexibility index (Phi) is 4.66. The molecule has 0 saturated carbocycles. The van der Waals surface area contributed by atoms with Crippen molar-refractivity contribution in [3.05, 3.63) is 42.0 Å². The van der Waals surface area contributed by atoms with Crippen LogP contribution in [0.15, 0.2) is 36.4 Å². The molecule has 1 aromatic carbocycles. The van der Waals surface area contributed by atoms with E-state index in [1.54, 1.807) is 8.61 Å². The molecule has 0 aromatic heterocycles. The average Bonchev–Trinajstić information content (AvgIpc) is 2.56. The van der Waals surface area contributed by atoms with Gasteiger partial charge in [0.2, 0.25) is 0 Å². The number of benzene rings is 1. The fourth-order valence-electron chi connectivity index (χ4n) is 3.29. The van der Waals surface area contributed by atoms with Crippen molar-refractivity contribution in [1.29, 1.82) is 0 Å². The van der Waals surface area contributed by atoms with Crippen LogP contribution in [0.3, 0.4) is 0 Å². The highest BCUT2D eigenvalue weighted by Crippen LogP contribution is 2.26. The van der Waals surface area contributed by atoms with Gasteiger partial charge in [0, 0.05) is 26.2 Å². The van der Waals surface area contributed by atoms with E-state index in [4.69, 9.17) is 0 Å². The lowest BCUT2D eigenvalue weighted by Crippen LogP contribution is -2.48. The van der Waals surface area contributed by atoms with E-state index in [-0.39, 0.29) is 0 Å². The number of nitrogens with zero attached hydrogens (tertiary/aromatic N) is 2. The van der Waals surface area contributed by atoms with Crippen LogP contribution in [0.5, 0.6) is 0 Å². The Bertz CT molecular complexity index is 640. The summed E-state index contributed by atoms with van der Waals surface area (Å²) in [6.07, 6.45) is 4.94. The van der Waals surface area contributed by atoms with Gasteiger partial charge in [0.05, 0.1) is 0 Å². The molecule has 5 heteroatoms. The average molecular weight is 320 g/mol. The Hall–Kier alpha value is -1.17. The van der Waals surface area contributed by atoms with Crippen molar-refractivity contribution in [3.8, 4) is 0 Å². The van der Waals surface area contributed by atoms with Gasteiger partial charge in [-0.15, -0.1) is 0 Å². The van der Waals surface area contributed by atoms with Gasteiger partial charge in [0.25, 0.3) is 10.2 Å². The molecule has 2 aliphatic heterocycles. The zero-order valence-corrected chi connectivity index (χ0v) is 13.9. The quantitative estimate of drug-likeness (QED) is 0.859. The first-order valence-corrected chi connectivity index (χ1v) is 9.47. The minimum atomic E-state index is -3.30. The monoisotopic (exact) mass is 320 g/mol. The van der Waals surface area contributed by atoms with Crippen LogP contribution < -0.4 is 0 Å². The number of rotatable bonds is 3. The van der Waals surface area contributed by atoms with Crippen molar-refractivity contribution in [2.45, 2.75) is 26.2 Å². The van der Waals surface area contributed by atoms with Crippen LogP contribution in [0.2, 0.25) is 0 Å². The molecule has 2 aliphatic rings. The highest BCUT2D eigenvalue weighted by molar-refractivity contribution is 7.86. The van der Waals surface area contributed by atoms with E-state index in [1.165, 1.54) is 11.1 Å². The first-order valence-electron chi connectivity index (χ1n) is 8.07. The maximum absolute atomic E-state index is 12.8. The predicted molar refractivity (Wildman–Crippen MR) is 89.5 cm³/mol. The molecule has 120 valence electrons. The summed E-state index contributed by atoms with van der Waals surface area (Å²) in [7, 11) is -3.30. The minimum absolute atomic E-state index is 0.462. The molecule has 0 aliphatic carbocycles. The van der Waals surface area contributed by atoms with Gasteiger partial charge in [0.1, 0.15) is 0 Å². The number of piperidine rings is 1. The minimum Gasteiger partial charge on any atom is -0.195 e. The summed E-state index contributed by atoms with van der Waals surface area (Å²) in [4.78, 5) is 0. The highest BCUT2D eigenvalue weighted by atomic mass is 32.2. The van der Waals surface area contributed by atoms with E-state index in [2.05, 4.69) is 25.1 Å². The summed E-state index contributed by atoms with van der Waals surface area (Å²) < 4.78 is 28.8. The maximum atomic E-state index is 12.8. The van der Waals surface area contributed by atoms with Crippen LogP contribution in [0.25, 0.3) is 5.57 Å². The number of hydrogen-bond acceptors (Lipinski definition) is 2. The van der Waals surface area contributed by atoms with Crippen LogP contribution in [0, 0.1) is 5.92 Å². The Labute approximate surface area is 133 Å². The standard InChI is InChI=1S/C17H24N2O2S/c1-15-6-5-11-19(14-15)22(20,21)18-12-9-17(10-13-18)16-7-3-2-4-8-16/h2-4,7-9,15H,5-6,10-14H2,1H3. The third-order valence-corrected chi connectivity index (χ3v) is 6.56. The molecule has 1 saturated heterocycles. The molecule has 4 nitrogen and oxygen atoms in total. The van der Waals surface area contributed by atoms with Crippen molar-refractivity contribution >= 4 is 15.8 Å². The van der Waals surface area contributed by atoms with E-state index in [1.807, 2.05) is 18.2 Å². The SMILES string of the molecule is CC1CCCN(S(=O)(=O)N2CC=C(c3ccccc3)CC2)C1. The van der Waals surface area contributed by atoms with Crippen molar-refractivity contribution in [2.75, 3.05) is 26.2 Å². The van der Waals surface area contributed by atoms with Crippen LogP contribution in [0.4, 0.5) is 0 Å². The third kappa shape index (κ3) is 3.26. The summed E-state index contributed by atoms with van der Waals surface area (Å²) in [5, 5.41) is 0. The van der Waals surface area contributed by atoms with Gasteiger partial charge < -0.3 is 0 Å². The van der Waals surface area contributed by atoms with Crippen LogP contribution in [-0.4, -0.2) is 43.2 Å². The molecule has 0 bridgehead atoms. The lowest BCUT2D eigenvalue weighted by atomic mass is 10.0. The van der Waals surface area contributed by atoms with E-state index >= 15 is 0 Å². The van der Waals surface area contributed by atoms with E-state index in [0.29, 0.717) is 32.1 Å². The van der Waals surface area contributed by atoms with Gasteiger partial charge in [-0.1, -0.05) is 43.3 Å². The van der Waals surface area contributed by atoms with E-state index in [9.17, 15) is 8.42 Å². The second kappa shape index (κ2) is 6.52. The molecule has 3 rings (SSSR count). The highest BCUT2D eigenvalue weighted by Gasteiger charge is 2.33. The first kappa shape index (κ1) is 15.7. The van der Waals surface area contributed by atoms with Crippen molar-refractivity contribution < 1.29 is 8.42 Å². The van der Waals surface area contributed by atoms with Crippen LogP contribution in [-0.2, 0) is 10.2 Å². The van der Waals surface area contributed by atoms with Gasteiger partial charge in [-0.3, -0.25) is 0 Å². The third-order valence-electron chi connectivity index (χ3n) is 4.59. The van der Waals surface area contributed by atoms with Gasteiger partial charge in [-0.25, -0.2) is 0 Å². The Morgan fingerprint density at radius 2 is 1.86 bits per heavy atom. The molecule has 1 unspecified atom stereocenters. The number of hydrogen-bond donors (Lipinski definition) is 0. The second-order valence-corrected chi connectivity index (χ2v) is 8.25. The summed E-state index contributed by atoms with van der Waals surface area (Å²) in [6, 6.07) is 10.2. The molecule has 0 N–H and O–H groups in total. The van der Waals surface area contributed by atoms with Crippen LogP contribution >= 0.6 is 0 Å². The molecule has 0 radical (unpaired) electrons. The first-order chi connectivity index (χ1) is 10.6. The van der Waals surface area contributed by atoms with Crippen LogP contribution in [0.1, 0.15) is 31.7 Å².